The van der Waals surface area contributed by atoms with Crippen molar-refractivity contribution in [2.45, 2.75) is 32.1 Å². The normalized spacial score (nSPS) is 18.7. The molecule has 0 unspecified atom stereocenters. The maximum atomic E-state index is 10.6. The Morgan fingerprint density at radius 3 is 2.17 bits per heavy atom. The number of carboxylic acids is 2. The fraction of sp³-hybridized carbons (Fsp3) is 0.750. The van der Waals surface area contributed by atoms with Gasteiger partial charge in [0.25, 0.3) is 0 Å². The summed E-state index contributed by atoms with van der Waals surface area (Å²) in [4.78, 5) is 20.7. The SMILES string of the molecule is O=C(O)CCCC1(C(=O)O)CC1. The van der Waals surface area contributed by atoms with Crippen molar-refractivity contribution < 1.29 is 19.8 Å². The predicted molar refractivity (Wildman–Crippen MR) is 40.8 cm³/mol. The van der Waals surface area contributed by atoms with Gasteiger partial charge >= 0.3 is 11.9 Å². The first-order valence-corrected chi connectivity index (χ1v) is 4.02. The quantitative estimate of drug-likeness (QED) is 0.651. The van der Waals surface area contributed by atoms with E-state index >= 15 is 0 Å². The van der Waals surface area contributed by atoms with Crippen molar-refractivity contribution in [3.05, 3.63) is 0 Å². The van der Waals surface area contributed by atoms with Crippen LogP contribution in [0.3, 0.4) is 0 Å². The summed E-state index contributed by atoms with van der Waals surface area (Å²) in [5.41, 5.74) is -0.560. The Hall–Kier alpha value is -1.06. The highest BCUT2D eigenvalue weighted by Gasteiger charge is 2.49. The molecule has 0 aromatic rings. The second-order valence-electron chi connectivity index (χ2n) is 3.33. The van der Waals surface area contributed by atoms with E-state index < -0.39 is 17.4 Å². The minimum absolute atomic E-state index is 0.0784. The Morgan fingerprint density at radius 1 is 1.25 bits per heavy atom. The Morgan fingerprint density at radius 2 is 1.83 bits per heavy atom. The van der Waals surface area contributed by atoms with E-state index in [0.29, 0.717) is 25.7 Å². The summed E-state index contributed by atoms with van der Waals surface area (Å²) in [5, 5.41) is 17.0. The highest BCUT2D eigenvalue weighted by molar-refractivity contribution is 5.77. The van der Waals surface area contributed by atoms with Gasteiger partial charge in [-0.2, -0.15) is 0 Å². The van der Waals surface area contributed by atoms with E-state index in [-0.39, 0.29) is 6.42 Å². The van der Waals surface area contributed by atoms with Crippen molar-refractivity contribution in [1.82, 2.24) is 0 Å². The van der Waals surface area contributed by atoms with Gasteiger partial charge in [0, 0.05) is 6.42 Å². The van der Waals surface area contributed by atoms with Crippen LogP contribution in [0.25, 0.3) is 0 Å². The molecule has 0 heterocycles. The summed E-state index contributed by atoms with van der Waals surface area (Å²) in [7, 11) is 0. The molecule has 4 heteroatoms. The lowest BCUT2D eigenvalue weighted by Gasteiger charge is -2.06. The standard InChI is InChI=1S/C8H12O4/c9-6(10)2-1-3-8(4-5-8)7(11)12/h1-5H2,(H,9,10)(H,11,12). The number of rotatable bonds is 5. The van der Waals surface area contributed by atoms with E-state index in [2.05, 4.69) is 0 Å². The molecule has 4 nitrogen and oxygen atoms in total. The van der Waals surface area contributed by atoms with Crippen LogP contribution in [0, 0.1) is 5.41 Å². The van der Waals surface area contributed by atoms with Crippen molar-refractivity contribution in [3.8, 4) is 0 Å². The largest absolute Gasteiger partial charge is 0.481 e. The molecule has 0 radical (unpaired) electrons. The molecule has 1 fully saturated rings. The number of carbonyl (C=O) groups is 2. The molecule has 0 aliphatic heterocycles. The first-order chi connectivity index (χ1) is 5.57. The second kappa shape index (κ2) is 3.13. The van der Waals surface area contributed by atoms with E-state index in [1.807, 2.05) is 0 Å². The third-order valence-electron chi connectivity index (χ3n) is 2.35. The molecule has 0 saturated heterocycles. The van der Waals surface area contributed by atoms with E-state index in [1.165, 1.54) is 0 Å². The van der Waals surface area contributed by atoms with Crippen LogP contribution in [0.15, 0.2) is 0 Å². The lowest BCUT2D eigenvalue weighted by molar-refractivity contribution is -0.144. The summed E-state index contributed by atoms with van der Waals surface area (Å²) in [6.45, 7) is 0. The Balaban J connectivity index is 2.23. The molecule has 1 aliphatic carbocycles. The first-order valence-electron chi connectivity index (χ1n) is 4.02. The van der Waals surface area contributed by atoms with Gasteiger partial charge in [0.2, 0.25) is 0 Å². The molecule has 68 valence electrons. The van der Waals surface area contributed by atoms with Crippen LogP contribution >= 0.6 is 0 Å². The van der Waals surface area contributed by atoms with Gasteiger partial charge in [-0.25, -0.2) is 0 Å². The zero-order chi connectivity index (χ0) is 9.19. The van der Waals surface area contributed by atoms with Crippen LogP contribution in [0.1, 0.15) is 32.1 Å². The van der Waals surface area contributed by atoms with Gasteiger partial charge in [-0.3, -0.25) is 9.59 Å². The number of hydrogen-bond donors (Lipinski definition) is 2. The van der Waals surface area contributed by atoms with Crippen molar-refractivity contribution >= 4 is 11.9 Å². The van der Waals surface area contributed by atoms with Gasteiger partial charge in [0.05, 0.1) is 5.41 Å². The molecule has 0 aromatic carbocycles. The summed E-state index contributed by atoms with van der Waals surface area (Å²) in [5.74, 6) is -1.62. The van der Waals surface area contributed by atoms with Crippen LogP contribution in [-0.4, -0.2) is 22.2 Å². The molecule has 0 bridgehead atoms. The molecule has 0 atom stereocenters. The summed E-state index contributed by atoms with van der Waals surface area (Å²) >= 11 is 0. The van der Waals surface area contributed by atoms with E-state index in [1.54, 1.807) is 0 Å². The minimum Gasteiger partial charge on any atom is -0.481 e. The van der Waals surface area contributed by atoms with Crippen molar-refractivity contribution in [1.29, 1.82) is 0 Å². The highest BCUT2D eigenvalue weighted by atomic mass is 16.4. The van der Waals surface area contributed by atoms with Crippen molar-refractivity contribution in [2.24, 2.45) is 5.41 Å². The molecular weight excluding hydrogens is 160 g/mol. The number of aliphatic carboxylic acids is 2. The van der Waals surface area contributed by atoms with Gasteiger partial charge in [0.1, 0.15) is 0 Å². The topological polar surface area (TPSA) is 74.6 Å². The monoisotopic (exact) mass is 172 g/mol. The second-order valence-corrected chi connectivity index (χ2v) is 3.33. The third-order valence-corrected chi connectivity index (χ3v) is 2.35. The van der Waals surface area contributed by atoms with Gasteiger partial charge in [-0.15, -0.1) is 0 Å². The van der Waals surface area contributed by atoms with Gasteiger partial charge in [-0.1, -0.05) is 0 Å². The number of carboxylic acid groups (broad SMARTS) is 2. The fourth-order valence-corrected chi connectivity index (χ4v) is 1.30. The van der Waals surface area contributed by atoms with Gasteiger partial charge in [0.15, 0.2) is 0 Å². The summed E-state index contributed by atoms with van der Waals surface area (Å²) in [6.07, 6.45) is 2.48. The van der Waals surface area contributed by atoms with Crippen LogP contribution < -0.4 is 0 Å². The maximum absolute atomic E-state index is 10.6. The van der Waals surface area contributed by atoms with Crippen LogP contribution in [0.5, 0.6) is 0 Å². The van der Waals surface area contributed by atoms with Crippen LogP contribution in [0.2, 0.25) is 0 Å². The van der Waals surface area contributed by atoms with E-state index in [4.69, 9.17) is 10.2 Å². The Kier molecular flexibility index (Phi) is 2.35. The first kappa shape index (κ1) is 9.03. The van der Waals surface area contributed by atoms with Crippen LogP contribution in [-0.2, 0) is 9.59 Å². The summed E-state index contributed by atoms with van der Waals surface area (Å²) in [6, 6.07) is 0. The predicted octanol–water partition coefficient (Wildman–Crippen LogP) is 1.11. The van der Waals surface area contributed by atoms with Crippen LogP contribution in [0.4, 0.5) is 0 Å². The molecular formula is C8H12O4. The molecule has 1 saturated carbocycles. The highest BCUT2D eigenvalue weighted by Crippen LogP contribution is 2.49. The molecule has 0 aromatic heterocycles. The molecule has 1 rings (SSSR count). The van der Waals surface area contributed by atoms with Gasteiger partial charge in [-0.05, 0) is 25.7 Å². The Labute approximate surface area is 70.2 Å². The average molecular weight is 172 g/mol. The van der Waals surface area contributed by atoms with E-state index in [0.717, 1.165) is 0 Å². The zero-order valence-corrected chi connectivity index (χ0v) is 6.75. The van der Waals surface area contributed by atoms with E-state index in [9.17, 15) is 9.59 Å². The molecule has 0 amide bonds. The number of hydrogen-bond acceptors (Lipinski definition) is 2. The van der Waals surface area contributed by atoms with Crippen molar-refractivity contribution in [2.75, 3.05) is 0 Å². The zero-order valence-electron chi connectivity index (χ0n) is 6.75. The average Bonchev–Trinajstić information content (AvgIpc) is 2.68. The Bertz CT molecular complexity index is 205. The van der Waals surface area contributed by atoms with Gasteiger partial charge < -0.3 is 10.2 Å². The molecule has 1 aliphatic rings. The molecule has 12 heavy (non-hydrogen) atoms. The molecule has 2 N–H and O–H groups in total. The minimum atomic E-state index is -0.851. The lowest BCUT2D eigenvalue weighted by Crippen LogP contribution is -2.14. The maximum Gasteiger partial charge on any atom is 0.309 e. The lowest BCUT2D eigenvalue weighted by atomic mass is 9.99. The smallest absolute Gasteiger partial charge is 0.309 e. The summed E-state index contributed by atoms with van der Waals surface area (Å²) < 4.78 is 0. The fourth-order valence-electron chi connectivity index (χ4n) is 1.30. The van der Waals surface area contributed by atoms with Crippen molar-refractivity contribution in [3.63, 3.8) is 0 Å². The third kappa shape index (κ3) is 1.96. The molecule has 0 spiro atoms.